The smallest absolute Gasteiger partial charge is 0.410 e. The Kier molecular flexibility index (Phi) is 6.94. The molecule has 3 N–H and O–H groups in total. The van der Waals surface area contributed by atoms with E-state index >= 15 is 0 Å². The van der Waals surface area contributed by atoms with E-state index in [2.05, 4.69) is 0 Å². The summed E-state index contributed by atoms with van der Waals surface area (Å²) in [6.07, 6.45) is 3.98. The molecule has 6 heteroatoms. The largest absolute Gasteiger partial charge is 0.444 e. The lowest BCUT2D eigenvalue weighted by molar-refractivity contribution is 0.0131. The maximum Gasteiger partial charge on any atom is 0.410 e. The number of hydrogen-bond acceptors (Lipinski definition) is 4. The van der Waals surface area contributed by atoms with E-state index in [0.717, 1.165) is 32.2 Å². The number of likely N-dealkylation sites (tertiary alicyclic amines) is 1. The van der Waals surface area contributed by atoms with E-state index in [9.17, 15) is 9.90 Å². The monoisotopic (exact) mass is 382 g/mol. The Morgan fingerprint density at radius 2 is 2.15 bits per heavy atom. The van der Waals surface area contributed by atoms with E-state index < -0.39 is 11.3 Å². The van der Waals surface area contributed by atoms with Gasteiger partial charge in [-0.05, 0) is 76.5 Å². The number of rotatable bonds is 5. The minimum absolute atomic E-state index is 0.239. The second kappa shape index (κ2) is 8.59. The van der Waals surface area contributed by atoms with Gasteiger partial charge in [0.2, 0.25) is 0 Å². The minimum Gasteiger partial charge on any atom is -0.444 e. The van der Waals surface area contributed by atoms with E-state index in [1.165, 1.54) is 0 Å². The van der Waals surface area contributed by atoms with Gasteiger partial charge in [0.05, 0.1) is 0 Å². The zero-order valence-electron chi connectivity index (χ0n) is 16.0. The van der Waals surface area contributed by atoms with Crippen LogP contribution < -0.4 is 5.73 Å². The molecule has 1 aromatic carbocycles. The molecule has 1 aliphatic rings. The van der Waals surface area contributed by atoms with Gasteiger partial charge in [-0.2, -0.15) is 0 Å². The van der Waals surface area contributed by atoms with Crippen molar-refractivity contribution in [3.05, 3.63) is 34.9 Å². The number of aliphatic hydroxyl groups is 1. The molecule has 1 aliphatic heterocycles. The molecule has 0 spiro atoms. The number of benzene rings is 1. The summed E-state index contributed by atoms with van der Waals surface area (Å²) in [6, 6.07) is 7.03. The van der Waals surface area contributed by atoms with E-state index in [4.69, 9.17) is 22.1 Å². The summed E-state index contributed by atoms with van der Waals surface area (Å²) >= 11 is 5.98. The second-order valence-corrected chi connectivity index (χ2v) is 8.70. The Balaban J connectivity index is 1.82. The highest BCUT2D eigenvalue weighted by Crippen LogP contribution is 2.28. The number of ether oxygens (including phenoxy) is 1. The number of carbonyl (C=O) groups is 1. The van der Waals surface area contributed by atoms with Crippen molar-refractivity contribution in [1.82, 2.24) is 4.90 Å². The van der Waals surface area contributed by atoms with Gasteiger partial charge in [-0.3, -0.25) is 5.73 Å². The van der Waals surface area contributed by atoms with Crippen molar-refractivity contribution < 1.29 is 14.6 Å². The molecule has 1 fully saturated rings. The molecule has 0 aromatic heterocycles. The first-order chi connectivity index (χ1) is 12.1. The average Bonchev–Trinajstić information content (AvgIpc) is 2.53. The molecule has 0 saturated carbocycles. The van der Waals surface area contributed by atoms with Crippen LogP contribution in [0.25, 0.3) is 0 Å². The number of carbonyl (C=O) groups excluding carboxylic acids is 1. The highest BCUT2D eigenvalue weighted by Gasteiger charge is 2.29. The zero-order chi connectivity index (χ0) is 19.4. The van der Waals surface area contributed by atoms with Gasteiger partial charge < -0.3 is 14.7 Å². The Bertz CT molecular complexity index is 613. The van der Waals surface area contributed by atoms with Crippen LogP contribution in [0.1, 0.15) is 58.4 Å². The summed E-state index contributed by atoms with van der Waals surface area (Å²) < 4.78 is 5.47. The van der Waals surface area contributed by atoms with Gasteiger partial charge in [0.25, 0.3) is 0 Å². The fourth-order valence-electron chi connectivity index (χ4n) is 3.36. The van der Waals surface area contributed by atoms with Crippen LogP contribution in [0.2, 0.25) is 5.02 Å². The number of hydrogen-bond donors (Lipinski definition) is 2. The predicted molar refractivity (Wildman–Crippen MR) is 104 cm³/mol. The maximum absolute atomic E-state index is 12.2. The van der Waals surface area contributed by atoms with E-state index in [1.807, 2.05) is 20.8 Å². The molecule has 1 amide bonds. The third-order valence-electron chi connectivity index (χ3n) is 4.67. The quantitative estimate of drug-likeness (QED) is 0.746. The van der Waals surface area contributed by atoms with Gasteiger partial charge in [-0.1, -0.05) is 23.7 Å². The molecule has 1 saturated heterocycles. The highest BCUT2D eigenvalue weighted by molar-refractivity contribution is 6.30. The molecule has 0 radical (unpaired) electrons. The molecule has 5 nitrogen and oxygen atoms in total. The van der Waals surface area contributed by atoms with Crippen molar-refractivity contribution in [1.29, 1.82) is 0 Å². The summed E-state index contributed by atoms with van der Waals surface area (Å²) in [5.74, 6) is 0.409. The molecule has 0 bridgehead atoms. The first-order valence-corrected chi connectivity index (χ1v) is 9.70. The van der Waals surface area contributed by atoms with Crippen molar-refractivity contribution in [2.75, 3.05) is 13.1 Å². The topological polar surface area (TPSA) is 75.8 Å². The number of amides is 1. The lowest BCUT2D eigenvalue weighted by Gasteiger charge is -2.34. The SMILES string of the molecule is CC(C)(C)OC(=O)N1CCCC(CCCC(N)(O)c2cccc(Cl)c2)C1. The standard InChI is InChI=1S/C20H31ClN2O3/c1-19(2,3)26-18(24)23-12-6-8-15(14-23)7-5-11-20(22,25)16-9-4-10-17(21)13-16/h4,9-10,13,15,25H,5-8,11-12,14,22H2,1-3H3. The molecule has 1 heterocycles. The summed E-state index contributed by atoms with van der Waals surface area (Å²) in [7, 11) is 0. The van der Waals surface area contributed by atoms with Crippen molar-refractivity contribution in [2.45, 2.75) is 64.2 Å². The summed E-state index contributed by atoms with van der Waals surface area (Å²) in [4.78, 5) is 14.0. The summed E-state index contributed by atoms with van der Waals surface area (Å²) in [5, 5.41) is 11.1. The summed E-state index contributed by atoms with van der Waals surface area (Å²) in [5.41, 5.74) is 4.85. The van der Waals surface area contributed by atoms with Crippen molar-refractivity contribution in [3.8, 4) is 0 Å². The molecule has 2 rings (SSSR count). The van der Waals surface area contributed by atoms with Crippen LogP contribution in [-0.2, 0) is 10.5 Å². The Morgan fingerprint density at radius 1 is 1.42 bits per heavy atom. The number of halogens is 1. The van der Waals surface area contributed by atoms with Crippen LogP contribution in [0.5, 0.6) is 0 Å². The predicted octanol–water partition coefficient (Wildman–Crippen LogP) is 4.26. The Labute approximate surface area is 161 Å². The van der Waals surface area contributed by atoms with E-state index in [1.54, 1.807) is 29.2 Å². The highest BCUT2D eigenvalue weighted by atomic mass is 35.5. The van der Waals surface area contributed by atoms with Crippen LogP contribution in [0, 0.1) is 5.92 Å². The van der Waals surface area contributed by atoms with Gasteiger partial charge in [0, 0.05) is 18.1 Å². The zero-order valence-corrected chi connectivity index (χ0v) is 16.8. The average molecular weight is 383 g/mol. The van der Waals surface area contributed by atoms with Crippen LogP contribution >= 0.6 is 11.6 Å². The van der Waals surface area contributed by atoms with Crippen molar-refractivity contribution >= 4 is 17.7 Å². The fourth-order valence-corrected chi connectivity index (χ4v) is 3.55. The molecular weight excluding hydrogens is 352 g/mol. The van der Waals surface area contributed by atoms with Crippen LogP contribution in [0.3, 0.4) is 0 Å². The third-order valence-corrected chi connectivity index (χ3v) is 4.90. The minimum atomic E-state index is -1.38. The first-order valence-electron chi connectivity index (χ1n) is 9.32. The van der Waals surface area contributed by atoms with Gasteiger partial charge in [-0.15, -0.1) is 0 Å². The summed E-state index contributed by atoms with van der Waals surface area (Å²) in [6.45, 7) is 7.09. The molecule has 2 unspecified atom stereocenters. The van der Waals surface area contributed by atoms with Crippen LogP contribution in [0.4, 0.5) is 4.79 Å². The van der Waals surface area contributed by atoms with E-state index in [0.29, 0.717) is 29.5 Å². The molecule has 2 atom stereocenters. The van der Waals surface area contributed by atoms with Crippen LogP contribution in [-0.4, -0.2) is 34.8 Å². The molecule has 146 valence electrons. The third kappa shape index (κ3) is 6.45. The number of piperidine rings is 1. The lowest BCUT2D eigenvalue weighted by atomic mass is 9.90. The number of nitrogens with two attached hydrogens (primary N) is 1. The Morgan fingerprint density at radius 3 is 2.81 bits per heavy atom. The fraction of sp³-hybridized carbons (Fsp3) is 0.650. The van der Waals surface area contributed by atoms with Crippen LogP contribution in [0.15, 0.2) is 24.3 Å². The molecule has 26 heavy (non-hydrogen) atoms. The van der Waals surface area contributed by atoms with Gasteiger partial charge in [0.1, 0.15) is 11.3 Å². The lowest BCUT2D eigenvalue weighted by Crippen LogP contribution is -2.43. The van der Waals surface area contributed by atoms with Gasteiger partial charge in [-0.25, -0.2) is 4.79 Å². The maximum atomic E-state index is 12.2. The second-order valence-electron chi connectivity index (χ2n) is 8.26. The van der Waals surface area contributed by atoms with Gasteiger partial charge >= 0.3 is 6.09 Å². The first kappa shape index (κ1) is 21.0. The Hall–Kier alpha value is -1.30. The van der Waals surface area contributed by atoms with Gasteiger partial charge in [0.15, 0.2) is 0 Å². The molecule has 0 aliphatic carbocycles. The van der Waals surface area contributed by atoms with Crippen molar-refractivity contribution in [3.63, 3.8) is 0 Å². The van der Waals surface area contributed by atoms with E-state index in [-0.39, 0.29) is 6.09 Å². The number of nitrogens with zero attached hydrogens (tertiary/aromatic N) is 1. The normalized spacial score (nSPS) is 20.5. The molecular formula is C20H31ClN2O3. The molecule has 1 aromatic rings. The van der Waals surface area contributed by atoms with Crippen molar-refractivity contribution in [2.24, 2.45) is 11.7 Å².